The van der Waals surface area contributed by atoms with Crippen LogP contribution < -0.4 is 5.32 Å². The van der Waals surface area contributed by atoms with Crippen LogP contribution in [0.2, 0.25) is 5.02 Å². The van der Waals surface area contributed by atoms with Gasteiger partial charge >= 0.3 is 6.03 Å². The third kappa shape index (κ3) is 3.69. The minimum atomic E-state index is -0.417. The summed E-state index contributed by atoms with van der Waals surface area (Å²) in [7, 11) is 0. The lowest BCUT2D eigenvalue weighted by Gasteiger charge is -2.30. The number of β-amino-alcohol motifs (C(OH)–C–C–N with tert-alkyl or cyclic N) is 1. The van der Waals surface area contributed by atoms with Crippen molar-refractivity contribution in [1.82, 2.24) is 4.90 Å². The van der Waals surface area contributed by atoms with E-state index in [0.29, 0.717) is 18.1 Å². The molecule has 1 atom stereocenters. The summed E-state index contributed by atoms with van der Waals surface area (Å²) in [5.74, 6) is 0. The number of anilines is 1. The summed E-state index contributed by atoms with van der Waals surface area (Å²) in [6.45, 7) is 5.17. The topological polar surface area (TPSA) is 52.6 Å². The number of rotatable bonds is 3. The maximum Gasteiger partial charge on any atom is 0.321 e. The summed E-state index contributed by atoms with van der Waals surface area (Å²) in [6, 6.07) is 3.70. The van der Waals surface area contributed by atoms with Crippen LogP contribution in [0.25, 0.3) is 0 Å². The van der Waals surface area contributed by atoms with Gasteiger partial charge in [0, 0.05) is 18.1 Å². The number of aliphatic hydroxyl groups excluding tert-OH is 1. The number of amides is 2. The fourth-order valence-corrected chi connectivity index (χ4v) is 3.08. The normalized spacial score (nSPS) is 18.7. The van der Waals surface area contributed by atoms with Crippen molar-refractivity contribution in [2.75, 3.05) is 18.4 Å². The van der Waals surface area contributed by atoms with Crippen molar-refractivity contribution in [3.05, 3.63) is 28.3 Å². The van der Waals surface area contributed by atoms with Crippen molar-refractivity contribution in [1.29, 1.82) is 0 Å². The average molecular weight is 311 g/mol. The molecule has 2 rings (SSSR count). The van der Waals surface area contributed by atoms with Crippen LogP contribution in [0.4, 0.5) is 10.5 Å². The SMILES string of the molecule is CCc1ccc(Cl)c(CC)c1NC(=O)N1CCCC(O)C1. The van der Waals surface area contributed by atoms with Crippen LogP contribution in [0.15, 0.2) is 12.1 Å². The van der Waals surface area contributed by atoms with Crippen LogP contribution in [0.1, 0.15) is 37.8 Å². The first-order chi connectivity index (χ1) is 10.1. The molecule has 1 aromatic rings. The molecule has 1 heterocycles. The van der Waals surface area contributed by atoms with Gasteiger partial charge in [-0.25, -0.2) is 4.79 Å². The zero-order valence-corrected chi connectivity index (χ0v) is 13.4. The zero-order chi connectivity index (χ0) is 15.4. The van der Waals surface area contributed by atoms with E-state index in [1.54, 1.807) is 4.90 Å². The molecule has 1 unspecified atom stereocenters. The van der Waals surface area contributed by atoms with Gasteiger partial charge in [0.1, 0.15) is 0 Å². The van der Waals surface area contributed by atoms with E-state index in [4.69, 9.17) is 11.6 Å². The molecule has 1 aliphatic heterocycles. The Kier molecular flexibility index (Phi) is 5.48. The van der Waals surface area contributed by atoms with E-state index in [2.05, 4.69) is 12.2 Å². The third-order valence-electron chi connectivity index (χ3n) is 3.99. The molecule has 0 aromatic heterocycles. The monoisotopic (exact) mass is 310 g/mol. The van der Waals surface area contributed by atoms with Gasteiger partial charge in [-0.3, -0.25) is 0 Å². The minimum Gasteiger partial charge on any atom is -0.391 e. The molecule has 1 fully saturated rings. The molecule has 0 spiro atoms. The molecular weight excluding hydrogens is 288 g/mol. The van der Waals surface area contributed by atoms with E-state index in [-0.39, 0.29) is 6.03 Å². The second kappa shape index (κ2) is 7.14. The number of benzene rings is 1. The van der Waals surface area contributed by atoms with Gasteiger partial charge in [-0.15, -0.1) is 0 Å². The first kappa shape index (κ1) is 16.1. The Morgan fingerprint density at radius 2 is 2.19 bits per heavy atom. The fraction of sp³-hybridized carbons (Fsp3) is 0.562. The van der Waals surface area contributed by atoms with Crippen LogP contribution in [0.5, 0.6) is 0 Å². The number of halogens is 1. The molecule has 0 bridgehead atoms. The number of likely N-dealkylation sites (tertiary alicyclic amines) is 1. The highest BCUT2D eigenvalue weighted by molar-refractivity contribution is 6.31. The number of aryl methyl sites for hydroxylation is 1. The molecule has 21 heavy (non-hydrogen) atoms. The number of hydrogen-bond donors (Lipinski definition) is 2. The summed E-state index contributed by atoms with van der Waals surface area (Å²) >= 11 is 6.25. The van der Waals surface area contributed by atoms with E-state index in [0.717, 1.165) is 42.5 Å². The number of nitrogens with one attached hydrogen (secondary N) is 1. The Morgan fingerprint density at radius 3 is 2.81 bits per heavy atom. The van der Waals surface area contributed by atoms with Crippen LogP contribution in [0.3, 0.4) is 0 Å². The van der Waals surface area contributed by atoms with Crippen molar-refractivity contribution in [3.63, 3.8) is 0 Å². The largest absolute Gasteiger partial charge is 0.391 e. The summed E-state index contributed by atoms with van der Waals surface area (Å²) < 4.78 is 0. The van der Waals surface area contributed by atoms with Gasteiger partial charge in [-0.1, -0.05) is 31.5 Å². The van der Waals surface area contributed by atoms with E-state index in [1.165, 1.54) is 0 Å². The second-order valence-electron chi connectivity index (χ2n) is 5.44. The lowest BCUT2D eigenvalue weighted by molar-refractivity contribution is 0.0883. The molecule has 2 amide bonds. The molecule has 0 saturated carbocycles. The van der Waals surface area contributed by atoms with Gasteiger partial charge < -0.3 is 15.3 Å². The first-order valence-corrected chi connectivity index (χ1v) is 7.98. The van der Waals surface area contributed by atoms with Gasteiger partial charge in [0.25, 0.3) is 0 Å². The quantitative estimate of drug-likeness (QED) is 0.898. The van der Waals surface area contributed by atoms with Gasteiger partial charge in [0.05, 0.1) is 11.8 Å². The predicted molar refractivity (Wildman–Crippen MR) is 86.0 cm³/mol. The van der Waals surface area contributed by atoms with Crippen LogP contribution in [-0.4, -0.2) is 35.2 Å². The molecule has 1 aromatic carbocycles. The maximum atomic E-state index is 12.4. The van der Waals surface area contributed by atoms with Crippen molar-refractivity contribution >= 4 is 23.3 Å². The predicted octanol–water partition coefficient (Wildman–Crippen LogP) is 3.45. The number of hydrogen-bond acceptors (Lipinski definition) is 2. The standard InChI is InChI=1S/C16H23ClN2O2/c1-3-11-7-8-14(17)13(4-2)15(11)18-16(21)19-9-5-6-12(20)10-19/h7-8,12,20H,3-6,9-10H2,1-2H3,(H,18,21). The zero-order valence-electron chi connectivity index (χ0n) is 12.7. The molecule has 0 radical (unpaired) electrons. The Balaban J connectivity index is 2.21. The lowest BCUT2D eigenvalue weighted by Crippen LogP contribution is -2.44. The maximum absolute atomic E-state index is 12.4. The Hall–Kier alpha value is -1.26. The molecule has 4 nitrogen and oxygen atoms in total. The number of aliphatic hydroxyl groups is 1. The smallest absolute Gasteiger partial charge is 0.321 e. The summed E-state index contributed by atoms with van der Waals surface area (Å²) in [5.41, 5.74) is 2.89. The molecule has 5 heteroatoms. The van der Waals surface area contributed by atoms with E-state index in [1.807, 2.05) is 19.1 Å². The number of piperidine rings is 1. The highest BCUT2D eigenvalue weighted by Gasteiger charge is 2.23. The Labute approximate surface area is 131 Å². The van der Waals surface area contributed by atoms with Crippen molar-refractivity contribution in [2.24, 2.45) is 0 Å². The van der Waals surface area contributed by atoms with Crippen molar-refractivity contribution < 1.29 is 9.90 Å². The van der Waals surface area contributed by atoms with Gasteiger partial charge in [-0.05, 0) is 42.9 Å². The summed E-state index contributed by atoms with van der Waals surface area (Å²) in [4.78, 5) is 14.1. The Morgan fingerprint density at radius 1 is 1.43 bits per heavy atom. The number of carbonyl (C=O) groups excluding carboxylic acids is 1. The van der Waals surface area contributed by atoms with Crippen LogP contribution >= 0.6 is 11.6 Å². The van der Waals surface area contributed by atoms with E-state index < -0.39 is 6.10 Å². The summed E-state index contributed by atoms with van der Waals surface area (Å²) in [6.07, 6.45) is 2.79. The average Bonchev–Trinajstić information content (AvgIpc) is 2.47. The van der Waals surface area contributed by atoms with E-state index in [9.17, 15) is 9.90 Å². The first-order valence-electron chi connectivity index (χ1n) is 7.61. The van der Waals surface area contributed by atoms with Crippen LogP contribution in [-0.2, 0) is 12.8 Å². The number of urea groups is 1. The van der Waals surface area contributed by atoms with Gasteiger partial charge in [-0.2, -0.15) is 0 Å². The summed E-state index contributed by atoms with van der Waals surface area (Å²) in [5, 5.41) is 13.4. The highest BCUT2D eigenvalue weighted by Crippen LogP contribution is 2.30. The van der Waals surface area contributed by atoms with Gasteiger partial charge in [0.15, 0.2) is 0 Å². The fourth-order valence-electron chi connectivity index (χ4n) is 2.79. The van der Waals surface area contributed by atoms with Crippen molar-refractivity contribution in [2.45, 2.75) is 45.6 Å². The van der Waals surface area contributed by atoms with Crippen molar-refractivity contribution in [3.8, 4) is 0 Å². The molecule has 1 aliphatic rings. The minimum absolute atomic E-state index is 0.152. The highest BCUT2D eigenvalue weighted by atomic mass is 35.5. The number of nitrogens with zero attached hydrogens (tertiary/aromatic N) is 1. The molecular formula is C16H23ClN2O2. The Bertz CT molecular complexity index is 519. The molecule has 116 valence electrons. The molecule has 0 aliphatic carbocycles. The molecule has 1 saturated heterocycles. The number of carbonyl (C=O) groups is 1. The van der Waals surface area contributed by atoms with Crippen LogP contribution in [0, 0.1) is 0 Å². The third-order valence-corrected chi connectivity index (χ3v) is 4.35. The van der Waals surface area contributed by atoms with Gasteiger partial charge in [0.2, 0.25) is 0 Å². The van der Waals surface area contributed by atoms with E-state index >= 15 is 0 Å². The molecule has 2 N–H and O–H groups in total. The lowest BCUT2D eigenvalue weighted by atomic mass is 10.0. The second-order valence-corrected chi connectivity index (χ2v) is 5.85.